The van der Waals surface area contributed by atoms with Crippen molar-refractivity contribution in [3.05, 3.63) is 75.6 Å². The molecule has 3 aromatic rings. The van der Waals surface area contributed by atoms with Gasteiger partial charge < -0.3 is 9.47 Å². The number of benzene rings is 2. The molecule has 4 rings (SSSR count). The van der Waals surface area contributed by atoms with E-state index in [9.17, 15) is 4.79 Å². The Kier molecular flexibility index (Phi) is 5.51. The number of esters is 1. The lowest BCUT2D eigenvalue weighted by molar-refractivity contribution is 0.0591. The van der Waals surface area contributed by atoms with E-state index in [1.165, 1.54) is 18.2 Å². The summed E-state index contributed by atoms with van der Waals surface area (Å²) in [6.45, 7) is 2.56. The maximum absolute atomic E-state index is 12.2. The first kappa shape index (κ1) is 19.4. The summed E-state index contributed by atoms with van der Waals surface area (Å²) in [6.07, 6.45) is 0. The van der Waals surface area contributed by atoms with Crippen molar-refractivity contribution in [1.82, 2.24) is 19.9 Å². The lowest BCUT2D eigenvalue weighted by Crippen LogP contribution is -2.21. The highest BCUT2D eigenvalue weighted by Crippen LogP contribution is 2.27. The number of fused-ring (bicyclic) bond motifs is 1. The molecule has 0 saturated carbocycles. The molecule has 0 amide bonds. The maximum Gasteiger partial charge on any atom is 0.360 e. The van der Waals surface area contributed by atoms with E-state index in [0.29, 0.717) is 13.1 Å². The summed E-state index contributed by atoms with van der Waals surface area (Å²) in [4.78, 5) is 14.5. The Labute approximate surface area is 173 Å². The highest BCUT2D eigenvalue weighted by molar-refractivity contribution is 6.30. The van der Waals surface area contributed by atoms with E-state index < -0.39 is 5.97 Å². The second-order valence-corrected chi connectivity index (χ2v) is 7.38. The van der Waals surface area contributed by atoms with E-state index in [1.54, 1.807) is 11.8 Å². The van der Waals surface area contributed by atoms with Crippen LogP contribution in [-0.2, 0) is 30.9 Å². The van der Waals surface area contributed by atoms with E-state index >= 15 is 0 Å². The summed E-state index contributed by atoms with van der Waals surface area (Å²) >= 11 is 6.12. The van der Waals surface area contributed by atoms with E-state index in [4.69, 9.17) is 21.1 Å². The van der Waals surface area contributed by atoms with E-state index in [1.807, 2.05) is 42.5 Å². The van der Waals surface area contributed by atoms with Crippen LogP contribution in [0.2, 0.25) is 5.02 Å². The third kappa shape index (κ3) is 4.11. The summed E-state index contributed by atoms with van der Waals surface area (Å²) in [5.41, 5.74) is 4.45. The average Bonchev–Trinajstić information content (AvgIpc) is 3.31. The fraction of sp³-hybridized carbons (Fsp3) is 0.286. The van der Waals surface area contributed by atoms with Crippen LogP contribution >= 0.6 is 11.6 Å². The van der Waals surface area contributed by atoms with Crippen molar-refractivity contribution < 1.29 is 14.3 Å². The summed E-state index contributed by atoms with van der Waals surface area (Å²) in [5, 5.41) is 9.03. The predicted molar refractivity (Wildman–Crippen MR) is 108 cm³/mol. The molecular weight excluding hydrogens is 392 g/mol. The molecule has 29 heavy (non-hydrogen) atoms. The van der Waals surface area contributed by atoms with Crippen molar-refractivity contribution in [3.8, 4) is 5.75 Å². The van der Waals surface area contributed by atoms with Crippen molar-refractivity contribution >= 4 is 17.6 Å². The molecule has 0 atom stereocenters. The molecule has 1 aliphatic rings. The monoisotopic (exact) mass is 412 g/mol. The Hall–Kier alpha value is -2.90. The van der Waals surface area contributed by atoms with Crippen LogP contribution in [0.25, 0.3) is 0 Å². The van der Waals surface area contributed by atoms with Gasteiger partial charge in [0.25, 0.3) is 0 Å². The number of aromatic nitrogens is 3. The normalized spacial score (nSPS) is 13.3. The largest absolute Gasteiger partial charge is 0.497 e. The van der Waals surface area contributed by atoms with Gasteiger partial charge in [-0.15, -0.1) is 5.10 Å². The molecule has 2 heterocycles. The summed E-state index contributed by atoms with van der Waals surface area (Å²) in [7, 11) is 2.98. The van der Waals surface area contributed by atoms with E-state index in [-0.39, 0.29) is 5.69 Å². The second-order valence-electron chi connectivity index (χ2n) is 6.94. The first-order chi connectivity index (χ1) is 14.1. The van der Waals surface area contributed by atoms with Crippen molar-refractivity contribution in [3.63, 3.8) is 0 Å². The van der Waals surface area contributed by atoms with Gasteiger partial charge in [-0.2, -0.15) is 0 Å². The van der Waals surface area contributed by atoms with Crippen molar-refractivity contribution in [2.75, 3.05) is 14.2 Å². The number of rotatable bonds is 6. The topological polar surface area (TPSA) is 69.5 Å². The standard InChI is InChI=1S/C21H21ClN4O3/c1-28-18-7-3-14(4-8-18)10-26-19(20(23-24-26)21(27)29-2)13-25-11-15-5-6-17(22)9-16(15)12-25/h3-9H,10-13H2,1-2H3. The van der Waals surface area contributed by atoms with Crippen LogP contribution in [0, 0.1) is 0 Å². The Morgan fingerprint density at radius 3 is 2.55 bits per heavy atom. The molecule has 0 bridgehead atoms. The Balaban J connectivity index is 1.58. The summed E-state index contributed by atoms with van der Waals surface area (Å²) in [5.74, 6) is 0.303. The Bertz CT molecular complexity index is 1030. The molecule has 1 aromatic heterocycles. The number of ether oxygens (including phenoxy) is 2. The number of carbonyl (C=O) groups is 1. The van der Waals surface area contributed by atoms with E-state index in [2.05, 4.69) is 15.2 Å². The number of hydrogen-bond donors (Lipinski definition) is 0. The quantitative estimate of drug-likeness (QED) is 0.579. The first-order valence-electron chi connectivity index (χ1n) is 9.20. The molecule has 8 heteroatoms. The maximum atomic E-state index is 12.2. The minimum absolute atomic E-state index is 0.245. The van der Waals surface area contributed by atoms with Gasteiger partial charge >= 0.3 is 5.97 Å². The summed E-state index contributed by atoms with van der Waals surface area (Å²) in [6, 6.07) is 13.7. The van der Waals surface area contributed by atoms with Crippen LogP contribution in [0.3, 0.4) is 0 Å². The Morgan fingerprint density at radius 2 is 1.83 bits per heavy atom. The molecule has 0 spiro atoms. The van der Waals surface area contributed by atoms with E-state index in [0.717, 1.165) is 35.1 Å². The minimum Gasteiger partial charge on any atom is -0.497 e. The zero-order chi connectivity index (χ0) is 20.4. The van der Waals surface area contributed by atoms with Crippen LogP contribution < -0.4 is 4.74 Å². The molecule has 0 fully saturated rings. The number of carbonyl (C=O) groups excluding carboxylic acids is 1. The van der Waals surface area contributed by atoms with Gasteiger partial charge in [-0.05, 0) is 41.0 Å². The number of halogens is 1. The Morgan fingerprint density at radius 1 is 1.07 bits per heavy atom. The molecule has 0 N–H and O–H groups in total. The predicted octanol–water partition coefficient (Wildman–Crippen LogP) is 3.29. The van der Waals surface area contributed by atoms with Crippen molar-refractivity contribution in [2.45, 2.75) is 26.2 Å². The van der Waals surface area contributed by atoms with Crippen LogP contribution in [-0.4, -0.2) is 40.1 Å². The molecule has 0 unspecified atom stereocenters. The van der Waals surface area contributed by atoms with Gasteiger partial charge in [0.2, 0.25) is 0 Å². The fourth-order valence-electron chi connectivity index (χ4n) is 3.53. The molecular formula is C21H21ClN4O3. The molecule has 150 valence electrons. The molecule has 0 radical (unpaired) electrons. The van der Waals surface area contributed by atoms with Crippen molar-refractivity contribution in [2.24, 2.45) is 0 Å². The lowest BCUT2D eigenvalue weighted by Gasteiger charge is -2.16. The highest BCUT2D eigenvalue weighted by Gasteiger charge is 2.26. The van der Waals surface area contributed by atoms with Gasteiger partial charge in [0, 0.05) is 24.7 Å². The average molecular weight is 413 g/mol. The first-order valence-corrected chi connectivity index (χ1v) is 9.58. The van der Waals surface area contributed by atoms with Gasteiger partial charge in [0.1, 0.15) is 5.75 Å². The van der Waals surface area contributed by atoms with Gasteiger partial charge in [-0.25, -0.2) is 9.48 Å². The fourth-order valence-corrected chi connectivity index (χ4v) is 3.73. The highest BCUT2D eigenvalue weighted by atomic mass is 35.5. The van der Waals surface area contributed by atoms with Gasteiger partial charge in [0.05, 0.1) is 26.5 Å². The molecule has 2 aromatic carbocycles. The molecule has 1 aliphatic heterocycles. The van der Waals surface area contributed by atoms with Crippen molar-refractivity contribution in [1.29, 1.82) is 0 Å². The van der Waals surface area contributed by atoms with Gasteiger partial charge in [-0.3, -0.25) is 4.90 Å². The van der Waals surface area contributed by atoms with Crippen LogP contribution in [0.15, 0.2) is 42.5 Å². The molecule has 0 saturated heterocycles. The third-order valence-electron chi connectivity index (χ3n) is 5.04. The third-order valence-corrected chi connectivity index (χ3v) is 5.27. The smallest absolute Gasteiger partial charge is 0.360 e. The molecule has 7 nitrogen and oxygen atoms in total. The zero-order valence-corrected chi connectivity index (χ0v) is 17.0. The van der Waals surface area contributed by atoms with Crippen LogP contribution in [0.1, 0.15) is 32.9 Å². The second kappa shape index (κ2) is 8.23. The van der Waals surface area contributed by atoms with Gasteiger partial charge in [0.15, 0.2) is 5.69 Å². The summed E-state index contributed by atoms with van der Waals surface area (Å²) < 4.78 is 11.9. The lowest BCUT2D eigenvalue weighted by atomic mass is 10.1. The van der Waals surface area contributed by atoms with Crippen LogP contribution in [0.4, 0.5) is 0 Å². The SMILES string of the molecule is COC(=O)c1nnn(Cc2ccc(OC)cc2)c1CN1Cc2ccc(Cl)cc2C1. The number of methoxy groups -OCH3 is 2. The number of nitrogens with zero attached hydrogens (tertiary/aromatic N) is 4. The zero-order valence-electron chi connectivity index (χ0n) is 16.3. The van der Waals surface area contributed by atoms with Gasteiger partial charge in [-0.1, -0.05) is 35.0 Å². The minimum atomic E-state index is -0.485. The number of hydrogen-bond acceptors (Lipinski definition) is 6. The molecule has 0 aliphatic carbocycles. The van der Waals surface area contributed by atoms with Crippen LogP contribution in [0.5, 0.6) is 5.75 Å².